The standard InChI is InChI=1S/C16H18N2O4/c1-8-6-5-7-12(9(8)2)14(16(20)21)17-15(19)13-10(3)18-22-11(13)4/h5-7,14H,1-4H3,(H,17,19)(H,20,21). The number of carboxylic acid groups (broad SMARTS) is 1. The van der Waals surface area contributed by atoms with Gasteiger partial charge in [-0.2, -0.15) is 0 Å². The first kappa shape index (κ1) is 15.8. The average Bonchev–Trinajstić information content (AvgIpc) is 2.78. The number of nitrogens with zero attached hydrogens (tertiary/aromatic N) is 1. The van der Waals surface area contributed by atoms with Crippen LogP contribution in [0.2, 0.25) is 0 Å². The molecule has 1 unspecified atom stereocenters. The molecule has 1 aromatic carbocycles. The SMILES string of the molecule is Cc1cccc(C(NC(=O)c2c(C)noc2C)C(=O)O)c1C. The summed E-state index contributed by atoms with van der Waals surface area (Å²) in [5, 5.41) is 15.7. The quantitative estimate of drug-likeness (QED) is 0.905. The molecular weight excluding hydrogens is 284 g/mol. The largest absolute Gasteiger partial charge is 0.479 e. The van der Waals surface area contributed by atoms with Crippen LogP contribution in [-0.4, -0.2) is 22.1 Å². The van der Waals surface area contributed by atoms with Crippen molar-refractivity contribution in [3.63, 3.8) is 0 Å². The van der Waals surface area contributed by atoms with Crippen LogP contribution in [0.5, 0.6) is 0 Å². The number of hydrogen-bond donors (Lipinski definition) is 2. The topological polar surface area (TPSA) is 92.4 Å². The van der Waals surface area contributed by atoms with Crippen LogP contribution in [0.4, 0.5) is 0 Å². The minimum atomic E-state index is -1.12. The maximum atomic E-state index is 12.4. The molecule has 2 N–H and O–H groups in total. The number of aliphatic carboxylic acids is 1. The average molecular weight is 302 g/mol. The summed E-state index contributed by atoms with van der Waals surface area (Å²) in [6.45, 7) is 6.98. The van der Waals surface area contributed by atoms with Gasteiger partial charge in [-0.3, -0.25) is 4.79 Å². The minimum absolute atomic E-state index is 0.275. The highest BCUT2D eigenvalue weighted by molar-refractivity contribution is 5.98. The fourth-order valence-corrected chi connectivity index (χ4v) is 2.37. The van der Waals surface area contributed by atoms with Gasteiger partial charge in [0.2, 0.25) is 0 Å². The van der Waals surface area contributed by atoms with Crippen LogP contribution in [-0.2, 0) is 4.79 Å². The third-order valence-electron chi connectivity index (χ3n) is 3.74. The first-order valence-electron chi connectivity index (χ1n) is 6.85. The third kappa shape index (κ3) is 2.86. The van der Waals surface area contributed by atoms with E-state index in [2.05, 4.69) is 10.5 Å². The molecule has 0 aliphatic carbocycles. The maximum Gasteiger partial charge on any atom is 0.330 e. The summed E-state index contributed by atoms with van der Waals surface area (Å²) in [5.74, 6) is -1.27. The summed E-state index contributed by atoms with van der Waals surface area (Å²) in [4.78, 5) is 23.9. The highest BCUT2D eigenvalue weighted by atomic mass is 16.5. The molecule has 1 atom stereocenters. The number of carbonyl (C=O) groups is 2. The van der Waals surface area contributed by atoms with E-state index in [9.17, 15) is 14.7 Å². The van der Waals surface area contributed by atoms with Gasteiger partial charge in [0.15, 0.2) is 6.04 Å². The maximum absolute atomic E-state index is 12.4. The molecule has 0 saturated carbocycles. The monoisotopic (exact) mass is 302 g/mol. The number of carboxylic acids is 1. The van der Waals surface area contributed by atoms with E-state index in [1.807, 2.05) is 19.9 Å². The van der Waals surface area contributed by atoms with Crippen LogP contribution in [0, 0.1) is 27.7 Å². The molecule has 0 fully saturated rings. The lowest BCUT2D eigenvalue weighted by atomic mass is 9.97. The third-order valence-corrected chi connectivity index (χ3v) is 3.74. The molecule has 0 aliphatic heterocycles. The van der Waals surface area contributed by atoms with Gasteiger partial charge >= 0.3 is 5.97 Å². The molecule has 1 heterocycles. The zero-order chi connectivity index (χ0) is 16.4. The molecule has 116 valence electrons. The Morgan fingerprint density at radius 2 is 1.91 bits per heavy atom. The number of rotatable bonds is 4. The molecule has 1 amide bonds. The Hall–Kier alpha value is -2.63. The van der Waals surface area contributed by atoms with Crippen molar-refractivity contribution in [3.05, 3.63) is 51.9 Å². The van der Waals surface area contributed by atoms with Crippen molar-refractivity contribution in [2.75, 3.05) is 0 Å². The van der Waals surface area contributed by atoms with Crippen LogP contribution in [0.3, 0.4) is 0 Å². The van der Waals surface area contributed by atoms with Crippen molar-refractivity contribution in [2.24, 2.45) is 0 Å². The van der Waals surface area contributed by atoms with E-state index in [0.29, 0.717) is 17.0 Å². The number of carbonyl (C=O) groups excluding carboxylic acids is 1. The van der Waals surface area contributed by atoms with Crippen LogP contribution in [0.15, 0.2) is 22.7 Å². The number of hydrogen-bond acceptors (Lipinski definition) is 4. The van der Waals surface area contributed by atoms with Crippen molar-refractivity contribution in [1.29, 1.82) is 0 Å². The molecule has 0 bridgehead atoms. The molecule has 6 heteroatoms. The molecule has 2 rings (SSSR count). The lowest BCUT2D eigenvalue weighted by Gasteiger charge is -2.18. The van der Waals surface area contributed by atoms with Gasteiger partial charge in [0.1, 0.15) is 11.3 Å². The second kappa shape index (κ2) is 6.01. The van der Waals surface area contributed by atoms with Crippen molar-refractivity contribution in [3.8, 4) is 0 Å². The van der Waals surface area contributed by atoms with Crippen molar-refractivity contribution in [2.45, 2.75) is 33.7 Å². The first-order chi connectivity index (χ1) is 10.3. The molecule has 6 nitrogen and oxygen atoms in total. The van der Waals surface area contributed by atoms with E-state index in [1.165, 1.54) is 0 Å². The van der Waals surface area contributed by atoms with Crippen LogP contribution < -0.4 is 5.32 Å². The second-order valence-electron chi connectivity index (χ2n) is 5.23. The van der Waals surface area contributed by atoms with Crippen LogP contribution in [0.25, 0.3) is 0 Å². The number of aryl methyl sites for hydroxylation is 3. The van der Waals surface area contributed by atoms with E-state index in [-0.39, 0.29) is 5.56 Å². The predicted octanol–water partition coefficient (Wildman–Crippen LogP) is 2.46. The fourth-order valence-electron chi connectivity index (χ4n) is 2.37. The van der Waals surface area contributed by atoms with Gasteiger partial charge in [-0.1, -0.05) is 23.4 Å². The minimum Gasteiger partial charge on any atom is -0.479 e. The molecular formula is C16H18N2O4. The highest BCUT2D eigenvalue weighted by Crippen LogP contribution is 2.22. The lowest BCUT2D eigenvalue weighted by Crippen LogP contribution is -2.34. The number of aromatic nitrogens is 1. The Labute approximate surface area is 128 Å². The molecule has 0 aliphatic rings. The summed E-state index contributed by atoms with van der Waals surface area (Å²) in [7, 11) is 0. The second-order valence-corrected chi connectivity index (χ2v) is 5.23. The number of nitrogens with one attached hydrogen (secondary N) is 1. The zero-order valence-electron chi connectivity index (χ0n) is 12.9. The van der Waals surface area contributed by atoms with E-state index < -0.39 is 17.9 Å². The molecule has 2 aromatic rings. The van der Waals surface area contributed by atoms with E-state index in [1.54, 1.807) is 26.0 Å². The summed E-state index contributed by atoms with van der Waals surface area (Å²) in [5.41, 5.74) is 3.08. The summed E-state index contributed by atoms with van der Waals surface area (Å²) >= 11 is 0. The van der Waals surface area contributed by atoms with Gasteiger partial charge in [-0.25, -0.2) is 4.79 Å². The van der Waals surface area contributed by atoms with Crippen molar-refractivity contribution < 1.29 is 19.2 Å². The van der Waals surface area contributed by atoms with Crippen LogP contribution in [0.1, 0.15) is 44.5 Å². The Bertz CT molecular complexity index is 714. The Kier molecular flexibility index (Phi) is 4.30. The van der Waals surface area contributed by atoms with E-state index >= 15 is 0 Å². The Morgan fingerprint density at radius 1 is 1.23 bits per heavy atom. The van der Waals surface area contributed by atoms with Crippen molar-refractivity contribution >= 4 is 11.9 Å². The highest BCUT2D eigenvalue weighted by Gasteiger charge is 2.27. The van der Waals surface area contributed by atoms with Gasteiger partial charge in [0, 0.05) is 0 Å². The van der Waals surface area contributed by atoms with Gasteiger partial charge in [-0.05, 0) is 44.4 Å². The first-order valence-corrected chi connectivity index (χ1v) is 6.85. The van der Waals surface area contributed by atoms with E-state index in [4.69, 9.17) is 4.52 Å². The van der Waals surface area contributed by atoms with Crippen molar-refractivity contribution in [1.82, 2.24) is 10.5 Å². The molecule has 22 heavy (non-hydrogen) atoms. The summed E-state index contributed by atoms with van der Waals surface area (Å²) in [6.07, 6.45) is 0. The number of benzene rings is 1. The molecule has 0 spiro atoms. The Balaban J connectivity index is 2.36. The van der Waals surface area contributed by atoms with E-state index in [0.717, 1.165) is 11.1 Å². The predicted molar refractivity (Wildman–Crippen MR) is 79.7 cm³/mol. The zero-order valence-corrected chi connectivity index (χ0v) is 12.9. The fraction of sp³-hybridized carbons (Fsp3) is 0.312. The lowest BCUT2D eigenvalue weighted by molar-refractivity contribution is -0.139. The molecule has 1 aromatic heterocycles. The van der Waals surface area contributed by atoms with Gasteiger partial charge in [0.25, 0.3) is 5.91 Å². The molecule has 0 radical (unpaired) electrons. The van der Waals surface area contributed by atoms with Gasteiger partial charge in [0.05, 0.1) is 5.69 Å². The summed E-state index contributed by atoms with van der Waals surface area (Å²) in [6, 6.07) is 4.25. The number of amides is 1. The Morgan fingerprint density at radius 3 is 2.45 bits per heavy atom. The summed E-state index contributed by atoms with van der Waals surface area (Å²) < 4.78 is 4.95. The van der Waals surface area contributed by atoms with Gasteiger partial charge < -0.3 is 14.9 Å². The van der Waals surface area contributed by atoms with Crippen LogP contribution >= 0.6 is 0 Å². The normalized spacial score (nSPS) is 12.0. The molecule has 0 saturated heterocycles. The smallest absolute Gasteiger partial charge is 0.330 e. The van der Waals surface area contributed by atoms with Gasteiger partial charge in [-0.15, -0.1) is 0 Å².